The van der Waals surface area contributed by atoms with Gasteiger partial charge in [-0.2, -0.15) is 0 Å². The number of benzene rings is 1. The standard InChI is InChI=1S/C22H36N4O2S/c1-3-23-22(25-19-6-5-7-21(16-19)29(27)4-2)24-17-18-8-10-20(11-9-18)26-12-14-28-15-13-26/h8-11,19,21H,3-7,12-17H2,1-2H3,(H2,23,24,25). The van der Waals surface area contributed by atoms with E-state index in [-0.39, 0.29) is 0 Å². The molecule has 0 aromatic heterocycles. The minimum atomic E-state index is -0.703. The molecule has 2 aliphatic rings. The summed E-state index contributed by atoms with van der Waals surface area (Å²) in [5.74, 6) is 1.61. The molecular weight excluding hydrogens is 384 g/mol. The van der Waals surface area contributed by atoms with Crippen LogP contribution in [0.3, 0.4) is 0 Å². The van der Waals surface area contributed by atoms with Gasteiger partial charge in [-0.05, 0) is 43.9 Å². The maximum Gasteiger partial charge on any atom is 0.191 e. The van der Waals surface area contributed by atoms with Crippen molar-refractivity contribution in [1.29, 1.82) is 0 Å². The zero-order valence-corrected chi connectivity index (χ0v) is 18.7. The Hall–Kier alpha value is -1.60. The van der Waals surface area contributed by atoms with Crippen LogP contribution < -0.4 is 15.5 Å². The predicted octanol–water partition coefficient (Wildman–Crippen LogP) is 2.66. The smallest absolute Gasteiger partial charge is 0.191 e. The largest absolute Gasteiger partial charge is 0.378 e. The molecule has 1 saturated carbocycles. The third-order valence-electron chi connectivity index (χ3n) is 5.70. The summed E-state index contributed by atoms with van der Waals surface area (Å²) in [6.07, 6.45) is 4.31. The van der Waals surface area contributed by atoms with Crippen molar-refractivity contribution >= 4 is 22.4 Å². The van der Waals surface area contributed by atoms with Crippen LogP contribution in [0.4, 0.5) is 5.69 Å². The fourth-order valence-electron chi connectivity index (χ4n) is 4.07. The molecule has 1 saturated heterocycles. The first kappa shape index (κ1) is 22.1. The van der Waals surface area contributed by atoms with Crippen LogP contribution >= 0.6 is 0 Å². The van der Waals surface area contributed by atoms with Crippen molar-refractivity contribution in [3.05, 3.63) is 29.8 Å². The lowest BCUT2D eigenvalue weighted by atomic mass is 9.95. The second kappa shape index (κ2) is 11.6. The van der Waals surface area contributed by atoms with Crippen molar-refractivity contribution in [2.75, 3.05) is 43.5 Å². The lowest BCUT2D eigenvalue weighted by Crippen LogP contribution is -2.46. The summed E-state index contributed by atoms with van der Waals surface area (Å²) in [5.41, 5.74) is 2.45. The molecule has 162 valence electrons. The van der Waals surface area contributed by atoms with Crippen LogP contribution in [-0.4, -0.2) is 60.1 Å². The molecule has 3 unspecified atom stereocenters. The van der Waals surface area contributed by atoms with E-state index in [9.17, 15) is 4.21 Å². The van der Waals surface area contributed by atoms with Gasteiger partial charge in [0.25, 0.3) is 0 Å². The van der Waals surface area contributed by atoms with Gasteiger partial charge in [-0.3, -0.25) is 4.21 Å². The molecule has 2 fully saturated rings. The molecule has 2 N–H and O–H groups in total. The summed E-state index contributed by atoms with van der Waals surface area (Å²) < 4.78 is 17.6. The van der Waals surface area contributed by atoms with Gasteiger partial charge < -0.3 is 20.3 Å². The van der Waals surface area contributed by atoms with E-state index in [1.165, 1.54) is 11.3 Å². The number of nitrogens with zero attached hydrogens (tertiary/aromatic N) is 2. The van der Waals surface area contributed by atoms with Crippen LogP contribution in [0.2, 0.25) is 0 Å². The van der Waals surface area contributed by atoms with Gasteiger partial charge in [0.1, 0.15) is 0 Å². The third kappa shape index (κ3) is 6.71. The molecule has 0 amide bonds. The highest BCUT2D eigenvalue weighted by molar-refractivity contribution is 7.85. The number of hydrogen-bond donors (Lipinski definition) is 2. The van der Waals surface area contributed by atoms with Crippen molar-refractivity contribution in [2.45, 2.75) is 57.4 Å². The quantitative estimate of drug-likeness (QED) is 0.524. The highest BCUT2D eigenvalue weighted by Crippen LogP contribution is 2.23. The van der Waals surface area contributed by atoms with Gasteiger partial charge in [0.05, 0.1) is 19.8 Å². The van der Waals surface area contributed by atoms with Crippen molar-refractivity contribution < 1.29 is 8.95 Å². The Balaban J connectivity index is 1.56. The molecule has 0 radical (unpaired) electrons. The SMILES string of the molecule is CCNC(=NCc1ccc(N2CCOCC2)cc1)NC1CCCC(S(=O)CC)C1. The van der Waals surface area contributed by atoms with Gasteiger partial charge in [-0.25, -0.2) is 4.99 Å². The Kier molecular flexibility index (Phi) is 8.80. The Morgan fingerprint density at radius 2 is 1.97 bits per heavy atom. The molecule has 1 aromatic carbocycles. The third-order valence-corrected chi connectivity index (χ3v) is 7.44. The molecule has 29 heavy (non-hydrogen) atoms. The van der Waals surface area contributed by atoms with E-state index < -0.39 is 10.8 Å². The molecule has 0 bridgehead atoms. The lowest BCUT2D eigenvalue weighted by Gasteiger charge is -2.30. The number of rotatable bonds is 7. The summed E-state index contributed by atoms with van der Waals surface area (Å²) >= 11 is 0. The second-order valence-corrected chi connectivity index (χ2v) is 9.77. The molecule has 3 atom stereocenters. The van der Waals surface area contributed by atoms with E-state index in [1.807, 2.05) is 6.92 Å². The van der Waals surface area contributed by atoms with Crippen LogP contribution in [0, 0.1) is 0 Å². The predicted molar refractivity (Wildman–Crippen MR) is 122 cm³/mol. The highest BCUT2D eigenvalue weighted by atomic mass is 32.2. The Labute approximate surface area is 178 Å². The fourth-order valence-corrected chi connectivity index (χ4v) is 5.42. The summed E-state index contributed by atoms with van der Waals surface area (Å²) in [6, 6.07) is 9.05. The minimum absolute atomic E-state index is 0.321. The average molecular weight is 421 g/mol. The summed E-state index contributed by atoms with van der Waals surface area (Å²) in [7, 11) is -0.703. The number of anilines is 1. The van der Waals surface area contributed by atoms with E-state index in [0.717, 1.165) is 70.2 Å². The summed E-state index contributed by atoms with van der Waals surface area (Å²) in [6.45, 7) is 9.10. The Bertz CT molecular complexity index is 674. The first-order valence-electron chi connectivity index (χ1n) is 11.0. The molecule has 1 heterocycles. The van der Waals surface area contributed by atoms with E-state index in [1.54, 1.807) is 0 Å². The van der Waals surface area contributed by atoms with Crippen LogP contribution in [-0.2, 0) is 22.1 Å². The van der Waals surface area contributed by atoms with Crippen LogP contribution in [0.5, 0.6) is 0 Å². The number of aliphatic imine (C=N–C) groups is 1. The monoisotopic (exact) mass is 420 g/mol. The molecule has 1 aliphatic carbocycles. The second-order valence-electron chi connectivity index (χ2n) is 7.76. The number of ether oxygens (including phenoxy) is 1. The first-order chi connectivity index (χ1) is 14.2. The van der Waals surface area contributed by atoms with Gasteiger partial charge >= 0.3 is 0 Å². The van der Waals surface area contributed by atoms with Crippen LogP contribution in [0.1, 0.15) is 45.1 Å². The molecule has 7 heteroatoms. The number of morpholine rings is 1. The zero-order valence-electron chi connectivity index (χ0n) is 17.9. The molecule has 0 spiro atoms. The van der Waals surface area contributed by atoms with Crippen molar-refractivity contribution in [1.82, 2.24) is 10.6 Å². The van der Waals surface area contributed by atoms with Gasteiger partial charge in [0.2, 0.25) is 0 Å². The van der Waals surface area contributed by atoms with E-state index >= 15 is 0 Å². The van der Waals surface area contributed by atoms with E-state index in [0.29, 0.717) is 17.8 Å². The Morgan fingerprint density at radius 3 is 2.66 bits per heavy atom. The highest BCUT2D eigenvalue weighted by Gasteiger charge is 2.26. The lowest BCUT2D eigenvalue weighted by molar-refractivity contribution is 0.122. The summed E-state index contributed by atoms with van der Waals surface area (Å²) in [4.78, 5) is 7.16. The maximum atomic E-state index is 12.2. The van der Waals surface area contributed by atoms with Gasteiger partial charge in [-0.15, -0.1) is 0 Å². The van der Waals surface area contributed by atoms with Gasteiger partial charge in [-0.1, -0.05) is 25.5 Å². The minimum Gasteiger partial charge on any atom is -0.378 e. The molecule has 1 aromatic rings. The number of hydrogen-bond acceptors (Lipinski definition) is 4. The molecular formula is C22H36N4O2S. The first-order valence-corrected chi connectivity index (χ1v) is 12.4. The topological polar surface area (TPSA) is 66.0 Å². The van der Waals surface area contributed by atoms with Crippen molar-refractivity contribution in [3.8, 4) is 0 Å². The van der Waals surface area contributed by atoms with Gasteiger partial charge in [0, 0.05) is 53.2 Å². The van der Waals surface area contributed by atoms with E-state index in [4.69, 9.17) is 9.73 Å². The molecule has 1 aliphatic heterocycles. The number of guanidine groups is 1. The molecule has 3 rings (SSSR count). The van der Waals surface area contributed by atoms with Crippen molar-refractivity contribution in [3.63, 3.8) is 0 Å². The Morgan fingerprint density at radius 1 is 1.21 bits per heavy atom. The summed E-state index contributed by atoms with van der Waals surface area (Å²) in [5, 5.41) is 7.26. The average Bonchev–Trinajstić information content (AvgIpc) is 2.78. The van der Waals surface area contributed by atoms with Gasteiger partial charge in [0.15, 0.2) is 5.96 Å². The normalized spacial score (nSPS) is 24.2. The fraction of sp³-hybridized carbons (Fsp3) is 0.682. The van der Waals surface area contributed by atoms with Crippen LogP contribution in [0.25, 0.3) is 0 Å². The van der Waals surface area contributed by atoms with Crippen LogP contribution in [0.15, 0.2) is 29.3 Å². The number of nitrogens with one attached hydrogen (secondary N) is 2. The molecule has 6 nitrogen and oxygen atoms in total. The van der Waals surface area contributed by atoms with E-state index in [2.05, 4.69) is 46.7 Å². The van der Waals surface area contributed by atoms with Crippen molar-refractivity contribution in [2.24, 2.45) is 4.99 Å². The maximum absolute atomic E-state index is 12.2. The zero-order chi connectivity index (χ0) is 20.5.